The van der Waals surface area contributed by atoms with Gasteiger partial charge in [0.2, 0.25) is 5.95 Å². The van der Waals surface area contributed by atoms with E-state index >= 15 is 0 Å². The summed E-state index contributed by atoms with van der Waals surface area (Å²) in [5.41, 5.74) is 5.37. The number of carboxylic acid groups (broad SMARTS) is 1. The Bertz CT molecular complexity index is 654. The monoisotopic (exact) mass is 304 g/mol. The molecule has 6 nitrogen and oxygen atoms in total. The molecule has 0 radical (unpaired) electrons. The molecule has 0 aliphatic heterocycles. The molecule has 0 bridgehead atoms. The summed E-state index contributed by atoms with van der Waals surface area (Å²) in [6.07, 6.45) is 0. The predicted molar refractivity (Wildman–Crippen MR) is 64.0 cm³/mol. The molecule has 1 aromatic heterocycles. The molecule has 0 spiro atoms. The minimum Gasteiger partial charge on any atom is -0.481 e. The zero-order valence-corrected chi connectivity index (χ0v) is 10.5. The van der Waals surface area contributed by atoms with Crippen molar-refractivity contribution in [1.29, 1.82) is 0 Å². The lowest BCUT2D eigenvalue weighted by atomic mass is 10.3. The Kier molecular flexibility index (Phi) is 3.84. The minimum atomic E-state index is -1.61. The number of aromatic nitrogens is 3. The van der Waals surface area contributed by atoms with E-state index in [4.69, 9.17) is 10.8 Å². The SMILES string of the molecule is Nc1nnc(SCC(=O)O)n1-c1cc(F)c(F)c(F)c1. The first-order chi connectivity index (χ1) is 9.40. The number of rotatable bonds is 4. The van der Waals surface area contributed by atoms with E-state index < -0.39 is 23.4 Å². The summed E-state index contributed by atoms with van der Waals surface area (Å²) < 4.78 is 40.3. The number of thioether (sulfide) groups is 1. The molecule has 0 aliphatic carbocycles. The van der Waals surface area contributed by atoms with Gasteiger partial charge in [0.15, 0.2) is 22.6 Å². The van der Waals surface area contributed by atoms with E-state index in [1.165, 1.54) is 0 Å². The Morgan fingerprint density at radius 1 is 1.30 bits per heavy atom. The van der Waals surface area contributed by atoms with Crippen molar-refractivity contribution in [3.05, 3.63) is 29.6 Å². The number of nitrogens with zero attached hydrogens (tertiary/aromatic N) is 3. The lowest BCUT2D eigenvalue weighted by Gasteiger charge is -2.08. The highest BCUT2D eigenvalue weighted by Crippen LogP contribution is 2.25. The number of carboxylic acids is 1. The van der Waals surface area contributed by atoms with E-state index in [0.717, 1.165) is 16.3 Å². The second-order valence-electron chi connectivity index (χ2n) is 3.58. The number of benzene rings is 1. The third-order valence-corrected chi connectivity index (χ3v) is 3.12. The quantitative estimate of drug-likeness (QED) is 0.656. The van der Waals surface area contributed by atoms with E-state index in [-0.39, 0.29) is 22.5 Å². The Balaban J connectivity index is 2.47. The number of nitrogen functional groups attached to an aromatic ring is 1. The van der Waals surface area contributed by atoms with Crippen molar-refractivity contribution in [2.75, 3.05) is 11.5 Å². The van der Waals surface area contributed by atoms with E-state index in [0.29, 0.717) is 12.1 Å². The summed E-state index contributed by atoms with van der Waals surface area (Å²) in [5, 5.41) is 15.7. The molecule has 10 heteroatoms. The number of halogens is 3. The fourth-order valence-electron chi connectivity index (χ4n) is 1.42. The lowest BCUT2D eigenvalue weighted by Crippen LogP contribution is -2.06. The molecular formula is C10H7F3N4O2S. The van der Waals surface area contributed by atoms with Crippen molar-refractivity contribution in [1.82, 2.24) is 14.8 Å². The van der Waals surface area contributed by atoms with Gasteiger partial charge in [-0.15, -0.1) is 10.2 Å². The zero-order valence-electron chi connectivity index (χ0n) is 9.68. The van der Waals surface area contributed by atoms with Crippen LogP contribution < -0.4 is 5.73 Å². The second-order valence-corrected chi connectivity index (χ2v) is 4.52. The van der Waals surface area contributed by atoms with Crippen LogP contribution >= 0.6 is 11.8 Å². The van der Waals surface area contributed by atoms with Crippen LogP contribution in [0.5, 0.6) is 0 Å². The first-order valence-corrected chi connectivity index (χ1v) is 6.09. The van der Waals surface area contributed by atoms with Crippen LogP contribution in [0.15, 0.2) is 17.3 Å². The van der Waals surface area contributed by atoms with Crippen LogP contribution in [-0.2, 0) is 4.79 Å². The van der Waals surface area contributed by atoms with E-state index in [1.807, 2.05) is 0 Å². The molecule has 0 amide bonds. The first kappa shape index (κ1) is 14.2. The highest BCUT2D eigenvalue weighted by atomic mass is 32.2. The Labute approximate surface area is 114 Å². The molecule has 1 aromatic carbocycles. The van der Waals surface area contributed by atoms with Crippen LogP contribution in [0.25, 0.3) is 5.69 Å². The summed E-state index contributed by atoms with van der Waals surface area (Å²) in [6, 6.07) is 1.42. The molecule has 2 aromatic rings. The Morgan fingerprint density at radius 3 is 2.45 bits per heavy atom. The van der Waals surface area contributed by atoms with Gasteiger partial charge in [0.1, 0.15) is 0 Å². The fourth-order valence-corrected chi connectivity index (χ4v) is 2.09. The minimum absolute atomic E-state index is 0.0234. The summed E-state index contributed by atoms with van der Waals surface area (Å²) >= 11 is 0.758. The molecular weight excluding hydrogens is 297 g/mol. The molecule has 0 unspecified atom stereocenters. The maximum atomic E-state index is 13.2. The largest absolute Gasteiger partial charge is 0.481 e. The second kappa shape index (κ2) is 5.41. The van der Waals surface area contributed by atoms with Gasteiger partial charge in [-0.2, -0.15) is 0 Å². The maximum Gasteiger partial charge on any atom is 0.313 e. The topological polar surface area (TPSA) is 94.0 Å². The number of nitrogens with two attached hydrogens (primary N) is 1. The molecule has 0 fully saturated rings. The summed E-state index contributed by atoms with van der Waals surface area (Å²) in [5.74, 6) is -6.07. The number of anilines is 1. The zero-order chi connectivity index (χ0) is 14.9. The van der Waals surface area contributed by atoms with Crippen molar-refractivity contribution in [2.45, 2.75) is 5.16 Å². The molecule has 1 heterocycles. The average molecular weight is 304 g/mol. The van der Waals surface area contributed by atoms with Gasteiger partial charge < -0.3 is 10.8 Å². The average Bonchev–Trinajstić information content (AvgIpc) is 2.74. The van der Waals surface area contributed by atoms with Gasteiger partial charge in [0.05, 0.1) is 11.4 Å². The van der Waals surface area contributed by atoms with Crippen LogP contribution in [0.2, 0.25) is 0 Å². The Morgan fingerprint density at radius 2 is 1.90 bits per heavy atom. The van der Waals surface area contributed by atoms with Crippen molar-refractivity contribution in [3.8, 4) is 5.69 Å². The standard InChI is InChI=1S/C10H7F3N4O2S/c11-5-1-4(2-6(12)8(5)13)17-9(14)15-16-10(17)20-3-7(18)19/h1-2H,3H2,(H2,14,15)(H,18,19). The smallest absolute Gasteiger partial charge is 0.313 e. The molecule has 0 aliphatic rings. The van der Waals surface area contributed by atoms with Crippen LogP contribution in [0, 0.1) is 17.5 Å². The molecule has 0 saturated carbocycles. The van der Waals surface area contributed by atoms with Gasteiger partial charge in [-0.05, 0) is 0 Å². The first-order valence-electron chi connectivity index (χ1n) is 5.10. The molecule has 2 rings (SSSR count). The highest BCUT2D eigenvalue weighted by Gasteiger charge is 2.17. The Hall–Kier alpha value is -2.23. The normalized spacial score (nSPS) is 10.8. The van der Waals surface area contributed by atoms with Gasteiger partial charge in [-0.1, -0.05) is 11.8 Å². The summed E-state index contributed by atoms with van der Waals surface area (Å²) in [4.78, 5) is 10.5. The molecule has 20 heavy (non-hydrogen) atoms. The molecule has 0 atom stereocenters. The summed E-state index contributed by atoms with van der Waals surface area (Å²) in [7, 11) is 0. The molecule has 106 valence electrons. The third-order valence-electron chi connectivity index (χ3n) is 2.21. The molecule has 3 N–H and O–H groups in total. The fraction of sp³-hybridized carbons (Fsp3) is 0.100. The van der Waals surface area contributed by atoms with Gasteiger partial charge >= 0.3 is 5.97 Å². The highest BCUT2D eigenvalue weighted by molar-refractivity contribution is 7.99. The van der Waals surface area contributed by atoms with Gasteiger partial charge in [0.25, 0.3) is 0 Å². The number of aliphatic carboxylic acids is 1. The number of hydrogen-bond acceptors (Lipinski definition) is 5. The van der Waals surface area contributed by atoms with Crippen LogP contribution in [0.1, 0.15) is 0 Å². The van der Waals surface area contributed by atoms with Crippen LogP contribution in [0.4, 0.5) is 19.1 Å². The van der Waals surface area contributed by atoms with E-state index in [1.54, 1.807) is 0 Å². The van der Waals surface area contributed by atoms with Gasteiger partial charge in [0, 0.05) is 12.1 Å². The van der Waals surface area contributed by atoms with Crippen molar-refractivity contribution < 1.29 is 23.1 Å². The van der Waals surface area contributed by atoms with Crippen molar-refractivity contribution in [3.63, 3.8) is 0 Å². The van der Waals surface area contributed by atoms with Crippen LogP contribution in [-0.4, -0.2) is 31.6 Å². The number of hydrogen-bond donors (Lipinski definition) is 2. The van der Waals surface area contributed by atoms with E-state index in [2.05, 4.69) is 10.2 Å². The van der Waals surface area contributed by atoms with Crippen molar-refractivity contribution >= 4 is 23.7 Å². The van der Waals surface area contributed by atoms with Gasteiger partial charge in [-0.3, -0.25) is 9.36 Å². The lowest BCUT2D eigenvalue weighted by molar-refractivity contribution is -0.133. The number of carbonyl (C=O) groups is 1. The maximum absolute atomic E-state index is 13.2. The third kappa shape index (κ3) is 2.69. The predicted octanol–water partition coefficient (Wildman–Crippen LogP) is 1.44. The van der Waals surface area contributed by atoms with Crippen molar-refractivity contribution in [2.24, 2.45) is 0 Å². The van der Waals surface area contributed by atoms with Crippen LogP contribution in [0.3, 0.4) is 0 Å². The van der Waals surface area contributed by atoms with Gasteiger partial charge in [-0.25, -0.2) is 13.2 Å². The van der Waals surface area contributed by atoms with E-state index in [9.17, 15) is 18.0 Å². The summed E-state index contributed by atoms with van der Waals surface area (Å²) in [6.45, 7) is 0. The molecule has 0 saturated heterocycles.